The number of carbonyl (C=O) groups is 2. The molecule has 0 bridgehead atoms. The van der Waals surface area contributed by atoms with Crippen LogP contribution in [-0.2, 0) is 4.79 Å². The minimum Gasteiger partial charge on any atom is -0.496 e. The highest BCUT2D eigenvalue weighted by Gasteiger charge is 2.20. The Morgan fingerprint density at radius 1 is 1.07 bits per heavy atom. The highest BCUT2D eigenvalue weighted by molar-refractivity contribution is 6.01. The number of methoxy groups -OCH3 is 2. The summed E-state index contributed by atoms with van der Waals surface area (Å²) in [6.45, 7) is 2.54. The van der Waals surface area contributed by atoms with Crippen molar-refractivity contribution in [2.75, 3.05) is 20.8 Å². The number of rotatable bonds is 9. The maximum atomic E-state index is 12.6. The van der Waals surface area contributed by atoms with Crippen LogP contribution in [0.2, 0.25) is 0 Å². The number of unbranched alkanes of at least 4 members (excludes halogenated alkanes) is 1. The van der Waals surface area contributed by atoms with Crippen molar-refractivity contribution in [1.82, 2.24) is 5.32 Å². The van der Waals surface area contributed by atoms with E-state index in [9.17, 15) is 14.9 Å². The minimum atomic E-state index is -0.624. The van der Waals surface area contributed by atoms with Crippen LogP contribution in [0, 0.1) is 11.3 Å². The number of carbonyl (C=O) groups excluding carboxylic acids is 2. The number of nitriles is 1. The first-order valence-electron chi connectivity index (χ1n) is 9.47. The van der Waals surface area contributed by atoms with Crippen LogP contribution >= 0.6 is 0 Å². The first-order valence-corrected chi connectivity index (χ1v) is 9.47. The van der Waals surface area contributed by atoms with Crippen LogP contribution in [0.3, 0.4) is 0 Å². The molecule has 0 aliphatic rings. The summed E-state index contributed by atoms with van der Waals surface area (Å²) in [7, 11) is 2.91. The third-order valence-corrected chi connectivity index (χ3v) is 4.21. The van der Waals surface area contributed by atoms with Gasteiger partial charge in [0.05, 0.1) is 14.2 Å². The van der Waals surface area contributed by atoms with Gasteiger partial charge in [-0.1, -0.05) is 31.5 Å². The molecule has 0 radical (unpaired) electrons. The zero-order chi connectivity index (χ0) is 21.9. The van der Waals surface area contributed by atoms with E-state index in [1.54, 1.807) is 42.5 Å². The van der Waals surface area contributed by atoms with Crippen molar-refractivity contribution < 1.29 is 23.8 Å². The zero-order valence-corrected chi connectivity index (χ0v) is 17.2. The van der Waals surface area contributed by atoms with Crippen molar-refractivity contribution in [2.24, 2.45) is 0 Å². The van der Waals surface area contributed by atoms with E-state index in [0.29, 0.717) is 29.4 Å². The van der Waals surface area contributed by atoms with Crippen LogP contribution in [0.25, 0.3) is 6.08 Å². The van der Waals surface area contributed by atoms with E-state index >= 15 is 0 Å². The quantitative estimate of drug-likeness (QED) is 0.223. The van der Waals surface area contributed by atoms with Crippen molar-refractivity contribution in [3.63, 3.8) is 0 Å². The van der Waals surface area contributed by atoms with Crippen LogP contribution in [0.15, 0.2) is 48.0 Å². The molecule has 0 aromatic heterocycles. The summed E-state index contributed by atoms with van der Waals surface area (Å²) in [5, 5.41) is 11.9. The van der Waals surface area contributed by atoms with E-state index in [2.05, 4.69) is 5.32 Å². The molecule has 0 heterocycles. The van der Waals surface area contributed by atoms with Crippen LogP contribution in [0.4, 0.5) is 0 Å². The summed E-state index contributed by atoms with van der Waals surface area (Å²) < 4.78 is 15.9. The maximum absolute atomic E-state index is 12.6. The van der Waals surface area contributed by atoms with Gasteiger partial charge in [-0.2, -0.15) is 5.26 Å². The second-order valence-electron chi connectivity index (χ2n) is 6.28. The Labute approximate surface area is 175 Å². The summed E-state index contributed by atoms with van der Waals surface area (Å²) in [5.41, 5.74) is 0.823. The number of esters is 1. The number of nitrogens with zero attached hydrogens (tertiary/aromatic N) is 1. The van der Waals surface area contributed by atoms with Crippen molar-refractivity contribution in [1.29, 1.82) is 5.26 Å². The predicted octanol–water partition coefficient (Wildman–Crippen LogP) is 3.75. The summed E-state index contributed by atoms with van der Waals surface area (Å²) >= 11 is 0. The van der Waals surface area contributed by atoms with Gasteiger partial charge in [0.15, 0.2) is 0 Å². The molecule has 0 spiro atoms. The lowest BCUT2D eigenvalue weighted by molar-refractivity contribution is -0.117. The molecule has 2 aromatic rings. The third-order valence-electron chi connectivity index (χ3n) is 4.21. The van der Waals surface area contributed by atoms with E-state index in [1.165, 1.54) is 20.3 Å². The van der Waals surface area contributed by atoms with Gasteiger partial charge in [0.1, 0.15) is 34.5 Å². The first kappa shape index (κ1) is 22.5. The fraction of sp³-hybridized carbons (Fsp3) is 0.261. The summed E-state index contributed by atoms with van der Waals surface area (Å²) in [6, 6.07) is 13.4. The number of hydrogen-bond acceptors (Lipinski definition) is 6. The fourth-order valence-corrected chi connectivity index (χ4v) is 2.63. The Morgan fingerprint density at radius 3 is 2.23 bits per heavy atom. The van der Waals surface area contributed by atoms with Crippen molar-refractivity contribution in [3.8, 4) is 23.3 Å². The van der Waals surface area contributed by atoms with Crippen molar-refractivity contribution in [3.05, 3.63) is 59.2 Å². The summed E-state index contributed by atoms with van der Waals surface area (Å²) in [4.78, 5) is 24.7. The molecule has 2 aromatic carbocycles. The summed E-state index contributed by atoms with van der Waals surface area (Å²) in [6.07, 6.45) is 3.28. The van der Waals surface area contributed by atoms with E-state index in [1.807, 2.05) is 13.0 Å². The number of benzene rings is 2. The minimum absolute atomic E-state index is 0.00889. The molecule has 156 valence electrons. The molecular formula is C23H24N2O5. The second-order valence-corrected chi connectivity index (χ2v) is 6.28. The summed E-state index contributed by atoms with van der Waals surface area (Å²) in [5.74, 6) is -0.0559. The van der Waals surface area contributed by atoms with Crippen LogP contribution in [0.5, 0.6) is 17.2 Å². The molecule has 0 saturated carbocycles. The average molecular weight is 408 g/mol. The number of amides is 1. The molecule has 7 heteroatoms. The number of nitrogens with one attached hydrogen (secondary N) is 1. The van der Waals surface area contributed by atoms with Gasteiger partial charge < -0.3 is 19.5 Å². The molecular weight excluding hydrogens is 384 g/mol. The normalized spacial score (nSPS) is 10.7. The molecule has 0 fully saturated rings. The van der Waals surface area contributed by atoms with Gasteiger partial charge in [0.2, 0.25) is 0 Å². The smallest absolute Gasteiger partial charge is 0.351 e. The highest BCUT2D eigenvalue weighted by atomic mass is 16.5. The van der Waals surface area contributed by atoms with Crippen molar-refractivity contribution in [2.45, 2.75) is 19.8 Å². The Bertz CT molecular complexity index is 936. The number of ether oxygens (including phenoxy) is 3. The van der Waals surface area contributed by atoms with E-state index in [4.69, 9.17) is 14.2 Å². The van der Waals surface area contributed by atoms with Crippen LogP contribution < -0.4 is 19.5 Å². The molecule has 0 aliphatic carbocycles. The molecule has 0 aliphatic heterocycles. The standard InChI is InChI=1S/C23H24N2O5/c1-4-5-13-25-22(26)17(15-24)14-16-9-11-18(12-10-16)30-23(27)21-19(28-2)7-6-8-20(21)29-3/h6-12,14H,4-5,13H2,1-3H3,(H,25,26)/b17-14+. The lowest BCUT2D eigenvalue weighted by atomic mass is 10.1. The lowest BCUT2D eigenvalue weighted by Crippen LogP contribution is -2.25. The zero-order valence-electron chi connectivity index (χ0n) is 17.2. The molecule has 0 atom stereocenters. The van der Waals surface area contributed by atoms with Gasteiger partial charge in [-0.3, -0.25) is 4.79 Å². The SMILES string of the molecule is CCCCNC(=O)/C(C#N)=C/c1ccc(OC(=O)c2c(OC)cccc2OC)cc1. The van der Waals surface area contributed by atoms with Gasteiger partial charge in [-0.15, -0.1) is 0 Å². The van der Waals surface area contributed by atoms with Crippen LogP contribution in [-0.4, -0.2) is 32.6 Å². The van der Waals surface area contributed by atoms with Crippen molar-refractivity contribution >= 4 is 18.0 Å². The Balaban J connectivity index is 2.14. The van der Waals surface area contributed by atoms with Crippen LogP contribution in [0.1, 0.15) is 35.7 Å². The second kappa shape index (κ2) is 11.3. The predicted molar refractivity (Wildman–Crippen MR) is 112 cm³/mol. The average Bonchev–Trinajstić information content (AvgIpc) is 2.77. The maximum Gasteiger partial charge on any atom is 0.351 e. The van der Waals surface area contributed by atoms with Gasteiger partial charge in [-0.25, -0.2) is 4.79 Å². The molecule has 1 amide bonds. The molecule has 30 heavy (non-hydrogen) atoms. The Kier molecular flexibility index (Phi) is 8.45. The monoisotopic (exact) mass is 408 g/mol. The first-order chi connectivity index (χ1) is 14.5. The highest BCUT2D eigenvalue weighted by Crippen LogP contribution is 2.29. The topological polar surface area (TPSA) is 97.7 Å². The molecule has 2 rings (SSSR count). The molecule has 7 nitrogen and oxygen atoms in total. The van der Waals surface area contributed by atoms with Gasteiger partial charge >= 0.3 is 5.97 Å². The van der Waals surface area contributed by atoms with Gasteiger partial charge in [0, 0.05) is 6.54 Å². The van der Waals surface area contributed by atoms with Gasteiger partial charge in [0.25, 0.3) is 5.91 Å². The Hall–Kier alpha value is -3.79. The van der Waals surface area contributed by atoms with E-state index in [0.717, 1.165) is 12.8 Å². The molecule has 0 unspecified atom stereocenters. The molecule has 1 N–H and O–H groups in total. The molecule has 0 saturated heterocycles. The number of hydrogen-bond donors (Lipinski definition) is 1. The Morgan fingerprint density at radius 2 is 1.70 bits per heavy atom. The fourth-order valence-electron chi connectivity index (χ4n) is 2.63. The third kappa shape index (κ3) is 5.85. The largest absolute Gasteiger partial charge is 0.496 e. The lowest BCUT2D eigenvalue weighted by Gasteiger charge is -2.12. The van der Waals surface area contributed by atoms with E-state index < -0.39 is 11.9 Å². The van der Waals surface area contributed by atoms with E-state index in [-0.39, 0.29) is 11.1 Å². The van der Waals surface area contributed by atoms with Gasteiger partial charge in [-0.05, 0) is 42.3 Å².